The molecule has 0 saturated heterocycles. The lowest BCUT2D eigenvalue weighted by atomic mass is 9.95. The minimum atomic E-state index is -0.373. The topological polar surface area (TPSA) is 34.9 Å². The van der Waals surface area contributed by atoms with Gasteiger partial charge in [-0.05, 0) is 18.2 Å². The maximum atomic E-state index is 12.1. The predicted octanol–water partition coefficient (Wildman–Crippen LogP) is 2.72. The van der Waals surface area contributed by atoms with Crippen LogP contribution < -0.4 is 0 Å². The summed E-state index contributed by atoms with van der Waals surface area (Å²) in [6.45, 7) is 5.74. The van der Waals surface area contributed by atoms with E-state index < -0.39 is 0 Å². The first-order valence-electron chi connectivity index (χ1n) is 4.97. The van der Waals surface area contributed by atoms with E-state index in [1.807, 2.05) is 39.0 Å². The zero-order valence-electron chi connectivity index (χ0n) is 9.19. The molecule has 2 heterocycles. The molecule has 2 rings (SSSR count). The third kappa shape index (κ3) is 1.65. The van der Waals surface area contributed by atoms with Gasteiger partial charge in [0.15, 0.2) is 0 Å². The van der Waals surface area contributed by atoms with Gasteiger partial charge in [0.25, 0.3) is 0 Å². The fraction of sp³-hybridized carbons (Fsp3) is 0.333. The maximum Gasteiger partial charge on any atom is 0.236 e. The first kappa shape index (κ1) is 9.90. The van der Waals surface area contributed by atoms with Crippen molar-refractivity contribution in [1.82, 2.24) is 9.55 Å². The zero-order valence-corrected chi connectivity index (χ0v) is 9.19. The van der Waals surface area contributed by atoms with Crippen molar-refractivity contribution in [3.8, 4) is 0 Å². The molecule has 0 aliphatic carbocycles. The summed E-state index contributed by atoms with van der Waals surface area (Å²) in [5.74, 6) is 0.0884. The number of hydrogen-bond donors (Lipinski definition) is 0. The third-order valence-electron chi connectivity index (χ3n) is 2.32. The Bertz CT molecular complexity index is 506. The van der Waals surface area contributed by atoms with Gasteiger partial charge >= 0.3 is 0 Å². The number of aromatic nitrogens is 2. The number of rotatable bonds is 0. The van der Waals surface area contributed by atoms with Crippen molar-refractivity contribution in [2.24, 2.45) is 5.41 Å². The Hall–Kier alpha value is -1.64. The summed E-state index contributed by atoms with van der Waals surface area (Å²) < 4.78 is 1.67. The monoisotopic (exact) mass is 202 g/mol. The third-order valence-corrected chi connectivity index (χ3v) is 2.32. The number of pyridine rings is 1. The Morgan fingerprint density at radius 2 is 2.07 bits per heavy atom. The molecule has 0 aliphatic heterocycles. The molecular weight excluding hydrogens is 188 g/mol. The summed E-state index contributed by atoms with van der Waals surface area (Å²) in [5, 5.41) is 0. The van der Waals surface area contributed by atoms with Gasteiger partial charge in [0.1, 0.15) is 0 Å². The molecule has 0 fully saturated rings. The molecule has 15 heavy (non-hydrogen) atoms. The molecule has 0 saturated carbocycles. The first-order chi connectivity index (χ1) is 7.00. The highest BCUT2D eigenvalue weighted by Crippen LogP contribution is 2.20. The number of carbonyl (C=O) groups is 1. The first-order valence-corrected chi connectivity index (χ1v) is 4.97. The van der Waals surface area contributed by atoms with Gasteiger partial charge in [0.2, 0.25) is 5.91 Å². The van der Waals surface area contributed by atoms with E-state index in [0.29, 0.717) is 0 Å². The van der Waals surface area contributed by atoms with Gasteiger partial charge in [-0.25, -0.2) is 0 Å². The molecular formula is C12H14N2O. The van der Waals surface area contributed by atoms with Crippen molar-refractivity contribution >= 4 is 16.9 Å². The fourth-order valence-electron chi connectivity index (χ4n) is 1.51. The number of fused-ring (bicyclic) bond motifs is 1. The van der Waals surface area contributed by atoms with Crippen molar-refractivity contribution in [3.05, 3.63) is 30.6 Å². The molecule has 2 aromatic rings. The van der Waals surface area contributed by atoms with Gasteiger partial charge < -0.3 is 0 Å². The van der Waals surface area contributed by atoms with Gasteiger partial charge in [-0.3, -0.25) is 14.3 Å². The van der Waals surface area contributed by atoms with Crippen LogP contribution in [-0.2, 0) is 0 Å². The van der Waals surface area contributed by atoms with E-state index >= 15 is 0 Å². The van der Waals surface area contributed by atoms with Crippen molar-refractivity contribution in [3.63, 3.8) is 0 Å². The molecule has 0 amide bonds. The second-order valence-electron chi connectivity index (χ2n) is 4.65. The fourth-order valence-corrected chi connectivity index (χ4v) is 1.51. The highest BCUT2D eigenvalue weighted by atomic mass is 16.2. The second-order valence-corrected chi connectivity index (χ2v) is 4.65. The molecule has 0 unspecified atom stereocenters. The van der Waals surface area contributed by atoms with Gasteiger partial charge in [-0.1, -0.05) is 20.8 Å². The minimum Gasteiger partial charge on any atom is -0.285 e. The molecule has 3 heteroatoms. The van der Waals surface area contributed by atoms with Crippen LogP contribution in [0.25, 0.3) is 11.0 Å². The molecule has 3 nitrogen and oxygen atoms in total. The normalized spacial score (nSPS) is 11.9. The SMILES string of the molecule is CC(C)(C)C(=O)n1ccc2ncccc21. The van der Waals surface area contributed by atoms with Crippen LogP contribution in [0.4, 0.5) is 0 Å². The quantitative estimate of drug-likeness (QED) is 0.658. The Morgan fingerprint density at radius 1 is 1.33 bits per heavy atom. The van der Waals surface area contributed by atoms with Crippen LogP contribution in [0.2, 0.25) is 0 Å². The summed E-state index contributed by atoms with van der Waals surface area (Å²) in [5.41, 5.74) is 1.36. The van der Waals surface area contributed by atoms with Crippen LogP contribution in [0.1, 0.15) is 25.6 Å². The Balaban J connectivity index is 2.58. The summed E-state index contributed by atoms with van der Waals surface area (Å²) in [7, 11) is 0. The molecule has 0 bridgehead atoms. The van der Waals surface area contributed by atoms with Crippen molar-refractivity contribution in [2.75, 3.05) is 0 Å². The largest absolute Gasteiger partial charge is 0.285 e. The molecule has 0 spiro atoms. The van der Waals surface area contributed by atoms with Crippen LogP contribution >= 0.6 is 0 Å². The number of nitrogens with zero attached hydrogens (tertiary/aromatic N) is 2. The summed E-state index contributed by atoms with van der Waals surface area (Å²) >= 11 is 0. The van der Waals surface area contributed by atoms with E-state index in [4.69, 9.17) is 0 Å². The predicted molar refractivity (Wildman–Crippen MR) is 59.8 cm³/mol. The summed E-state index contributed by atoms with van der Waals surface area (Å²) in [6, 6.07) is 5.61. The highest BCUT2D eigenvalue weighted by molar-refractivity contribution is 5.93. The van der Waals surface area contributed by atoms with Gasteiger partial charge in [-0.15, -0.1) is 0 Å². The molecule has 0 aromatic carbocycles. The van der Waals surface area contributed by atoms with Crippen LogP contribution in [0.3, 0.4) is 0 Å². The van der Waals surface area contributed by atoms with E-state index in [2.05, 4.69) is 4.98 Å². The molecule has 0 radical (unpaired) electrons. The molecule has 78 valence electrons. The average Bonchev–Trinajstić information content (AvgIpc) is 2.58. The lowest BCUT2D eigenvalue weighted by Crippen LogP contribution is -2.25. The minimum absolute atomic E-state index is 0.0884. The van der Waals surface area contributed by atoms with Crippen LogP contribution in [-0.4, -0.2) is 15.5 Å². The molecule has 0 atom stereocenters. The van der Waals surface area contributed by atoms with E-state index in [1.54, 1.807) is 17.0 Å². The average molecular weight is 202 g/mol. The molecule has 0 aliphatic rings. The van der Waals surface area contributed by atoms with E-state index in [0.717, 1.165) is 11.0 Å². The molecule has 2 aromatic heterocycles. The van der Waals surface area contributed by atoms with E-state index in [9.17, 15) is 4.79 Å². The molecule has 0 N–H and O–H groups in total. The van der Waals surface area contributed by atoms with Crippen molar-refractivity contribution in [2.45, 2.75) is 20.8 Å². The maximum absolute atomic E-state index is 12.1. The van der Waals surface area contributed by atoms with E-state index in [-0.39, 0.29) is 11.3 Å². The van der Waals surface area contributed by atoms with Crippen LogP contribution in [0.15, 0.2) is 30.6 Å². The lowest BCUT2D eigenvalue weighted by Gasteiger charge is -2.17. The highest BCUT2D eigenvalue weighted by Gasteiger charge is 2.23. The summed E-state index contributed by atoms with van der Waals surface area (Å²) in [4.78, 5) is 16.3. The van der Waals surface area contributed by atoms with Gasteiger partial charge in [-0.2, -0.15) is 0 Å². The number of carbonyl (C=O) groups excluding carboxylic acids is 1. The smallest absolute Gasteiger partial charge is 0.236 e. The van der Waals surface area contributed by atoms with Crippen LogP contribution in [0.5, 0.6) is 0 Å². The standard InChI is InChI=1S/C12H14N2O/c1-12(2,3)11(15)14-8-6-9-10(14)5-4-7-13-9/h4-8H,1-3H3. The van der Waals surface area contributed by atoms with Crippen molar-refractivity contribution in [1.29, 1.82) is 0 Å². The summed E-state index contributed by atoms with van der Waals surface area (Å²) in [6.07, 6.45) is 3.51. The van der Waals surface area contributed by atoms with Gasteiger partial charge in [0.05, 0.1) is 11.0 Å². The van der Waals surface area contributed by atoms with E-state index in [1.165, 1.54) is 0 Å². The number of hydrogen-bond acceptors (Lipinski definition) is 2. The Kier molecular flexibility index (Phi) is 2.11. The van der Waals surface area contributed by atoms with Crippen LogP contribution in [0, 0.1) is 5.41 Å². The Labute approximate surface area is 88.7 Å². The Morgan fingerprint density at radius 3 is 2.73 bits per heavy atom. The second kappa shape index (κ2) is 3.19. The van der Waals surface area contributed by atoms with Gasteiger partial charge in [0, 0.05) is 17.8 Å². The lowest BCUT2D eigenvalue weighted by molar-refractivity contribution is 0.0772. The van der Waals surface area contributed by atoms with Crippen molar-refractivity contribution < 1.29 is 4.79 Å². The zero-order chi connectivity index (χ0) is 11.1.